The molecule has 0 amide bonds. The van der Waals surface area contributed by atoms with Gasteiger partial charge < -0.3 is 10.2 Å². The Morgan fingerprint density at radius 3 is 1.88 bits per heavy atom. The van der Waals surface area contributed by atoms with Gasteiger partial charge in [-0.2, -0.15) is 0 Å². The van der Waals surface area contributed by atoms with Gasteiger partial charge in [0, 0.05) is 0 Å². The number of aromatic hydroxyl groups is 2. The zero-order valence-electron chi connectivity index (χ0n) is 10.9. The molecule has 0 atom stereocenters. The van der Waals surface area contributed by atoms with Crippen molar-refractivity contribution in [3.8, 4) is 11.5 Å². The van der Waals surface area contributed by atoms with E-state index in [2.05, 4.69) is 0 Å². The summed E-state index contributed by atoms with van der Waals surface area (Å²) in [6, 6.07) is 1.67. The summed E-state index contributed by atoms with van der Waals surface area (Å²) in [6.45, 7) is 8.01. The van der Waals surface area contributed by atoms with Crippen molar-refractivity contribution in [3.05, 3.63) is 23.0 Å². The van der Waals surface area contributed by atoms with Crippen molar-refractivity contribution < 1.29 is 14.6 Å². The predicted octanol–water partition coefficient (Wildman–Crippen LogP) is 3.63. The molecule has 2 N–H and O–H groups in total. The molecule has 0 heterocycles. The van der Waals surface area contributed by atoms with Gasteiger partial charge in [-0.15, -0.1) is 0 Å². The van der Waals surface area contributed by atoms with E-state index in [1.54, 1.807) is 6.07 Å². The maximum Gasteiger partial charge on any atom is 0.194 e. The van der Waals surface area contributed by atoms with Crippen molar-refractivity contribution >= 4 is 0 Å². The van der Waals surface area contributed by atoms with Crippen LogP contribution >= 0.6 is 0 Å². The summed E-state index contributed by atoms with van der Waals surface area (Å²) in [7, 11) is 0. The van der Waals surface area contributed by atoms with E-state index in [1.807, 2.05) is 27.7 Å². The van der Waals surface area contributed by atoms with Gasteiger partial charge >= 0.3 is 0 Å². The van der Waals surface area contributed by atoms with E-state index in [0.717, 1.165) is 0 Å². The SMILES string of the molecule is CC(C)Cc1cc(CC(C)C)c(F)c(O)c1O. The third kappa shape index (κ3) is 3.35. The topological polar surface area (TPSA) is 40.5 Å². The monoisotopic (exact) mass is 240 g/mol. The highest BCUT2D eigenvalue weighted by atomic mass is 19.1. The maximum absolute atomic E-state index is 13.7. The van der Waals surface area contributed by atoms with Crippen molar-refractivity contribution in [2.75, 3.05) is 0 Å². The first-order chi connectivity index (χ1) is 7.82. The summed E-state index contributed by atoms with van der Waals surface area (Å²) in [6.07, 6.45) is 1.19. The molecular formula is C14H21FO2. The summed E-state index contributed by atoms with van der Waals surface area (Å²) in [5.74, 6) is -0.968. The number of phenolic OH excluding ortho intramolecular Hbond substituents is 2. The first-order valence-corrected chi connectivity index (χ1v) is 6.05. The fourth-order valence-electron chi connectivity index (χ4n) is 1.93. The molecule has 0 spiro atoms. The van der Waals surface area contributed by atoms with Gasteiger partial charge in [-0.1, -0.05) is 27.7 Å². The molecule has 0 aliphatic heterocycles. The van der Waals surface area contributed by atoms with E-state index >= 15 is 0 Å². The molecule has 0 aliphatic carbocycles. The van der Waals surface area contributed by atoms with E-state index in [0.29, 0.717) is 35.8 Å². The zero-order valence-corrected chi connectivity index (χ0v) is 10.9. The second kappa shape index (κ2) is 5.39. The van der Waals surface area contributed by atoms with Gasteiger partial charge in [0.25, 0.3) is 0 Å². The van der Waals surface area contributed by atoms with Crippen molar-refractivity contribution in [2.24, 2.45) is 11.8 Å². The molecule has 0 radical (unpaired) electrons. The Morgan fingerprint density at radius 2 is 1.41 bits per heavy atom. The molecule has 0 aliphatic rings. The predicted molar refractivity (Wildman–Crippen MR) is 66.8 cm³/mol. The van der Waals surface area contributed by atoms with Crippen LogP contribution in [0.2, 0.25) is 0 Å². The standard InChI is InChI=1S/C14H21FO2/c1-8(2)5-10-7-11(6-9(3)4)13(16)14(17)12(10)15/h7-9,16-17H,5-6H2,1-4H3. The lowest BCUT2D eigenvalue weighted by Crippen LogP contribution is -2.02. The van der Waals surface area contributed by atoms with Crippen LogP contribution in [0.15, 0.2) is 6.07 Å². The van der Waals surface area contributed by atoms with Gasteiger partial charge in [-0.3, -0.25) is 0 Å². The average molecular weight is 240 g/mol. The first kappa shape index (κ1) is 13.8. The molecule has 0 fully saturated rings. The minimum atomic E-state index is -0.691. The van der Waals surface area contributed by atoms with Crippen LogP contribution in [0.25, 0.3) is 0 Å². The van der Waals surface area contributed by atoms with E-state index in [-0.39, 0.29) is 5.75 Å². The number of hydrogen-bond donors (Lipinski definition) is 2. The lowest BCUT2D eigenvalue weighted by molar-refractivity contribution is 0.370. The van der Waals surface area contributed by atoms with Crippen molar-refractivity contribution in [2.45, 2.75) is 40.5 Å². The average Bonchev–Trinajstić information content (AvgIpc) is 2.20. The minimum Gasteiger partial charge on any atom is -0.504 e. The normalized spacial score (nSPS) is 11.5. The van der Waals surface area contributed by atoms with Crippen LogP contribution in [0.3, 0.4) is 0 Å². The maximum atomic E-state index is 13.7. The Bertz CT molecular complexity index is 363. The molecule has 0 saturated carbocycles. The molecule has 0 aromatic heterocycles. The van der Waals surface area contributed by atoms with Crippen molar-refractivity contribution in [1.29, 1.82) is 0 Å². The molecule has 1 rings (SSSR count). The highest BCUT2D eigenvalue weighted by molar-refractivity contribution is 5.49. The van der Waals surface area contributed by atoms with Gasteiger partial charge in [0.05, 0.1) is 0 Å². The lowest BCUT2D eigenvalue weighted by atomic mass is 9.95. The Balaban J connectivity index is 3.19. The summed E-state index contributed by atoms with van der Waals surface area (Å²) in [5, 5.41) is 19.3. The van der Waals surface area contributed by atoms with Crippen LogP contribution in [0.4, 0.5) is 4.39 Å². The third-order valence-electron chi connectivity index (χ3n) is 2.62. The Kier molecular flexibility index (Phi) is 4.38. The Hall–Kier alpha value is -1.25. The van der Waals surface area contributed by atoms with E-state index in [4.69, 9.17) is 0 Å². The smallest absolute Gasteiger partial charge is 0.194 e. The molecule has 0 saturated heterocycles. The molecule has 2 nitrogen and oxygen atoms in total. The number of phenols is 2. The lowest BCUT2D eigenvalue weighted by Gasteiger charge is -2.14. The van der Waals surface area contributed by atoms with Gasteiger partial charge in [-0.05, 0) is 41.9 Å². The summed E-state index contributed by atoms with van der Waals surface area (Å²) < 4.78 is 13.7. The molecule has 17 heavy (non-hydrogen) atoms. The third-order valence-corrected chi connectivity index (χ3v) is 2.62. The molecule has 96 valence electrons. The molecule has 0 bridgehead atoms. The summed E-state index contributed by atoms with van der Waals surface area (Å²) >= 11 is 0. The number of halogens is 1. The van der Waals surface area contributed by atoms with Crippen molar-refractivity contribution in [1.82, 2.24) is 0 Å². The molecule has 1 aromatic carbocycles. The highest BCUT2D eigenvalue weighted by Crippen LogP contribution is 2.36. The second-order valence-corrected chi connectivity index (χ2v) is 5.40. The van der Waals surface area contributed by atoms with Gasteiger partial charge in [0.15, 0.2) is 17.3 Å². The number of hydrogen-bond acceptors (Lipinski definition) is 2. The zero-order chi connectivity index (χ0) is 13.2. The van der Waals surface area contributed by atoms with Crippen LogP contribution in [0.5, 0.6) is 11.5 Å². The Morgan fingerprint density at radius 1 is 0.941 bits per heavy atom. The fraction of sp³-hybridized carbons (Fsp3) is 0.571. The highest BCUT2D eigenvalue weighted by Gasteiger charge is 2.18. The second-order valence-electron chi connectivity index (χ2n) is 5.40. The van der Waals surface area contributed by atoms with Gasteiger partial charge in [0.2, 0.25) is 0 Å². The largest absolute Gasteiger partial charge is 0.504 e. The number of benzene rings is 1. The summed E-state index contributed by atoms with van der Waals surface area (Å²) in [5.41, 5.74) is 1.10. The van der Waals surface area contributed by atoms with Crippen LogP contribution in [0.1, 0.15) is 38.8 Å². The first-order valence-electron chi connectivity index (χ1n) is 6.05. The Labute approximate surface area is 102 Å². The van der Waals surface area contributed by atoms with Crippen LogP contribution < -0.4 is 0 Å². The quantitative estimate of drug-likeness (QED) is 0.789. The number of rotatable bonds is 4. The van der Waals surface area contributed by atoms with E-state index in [1.165, 1.54) is 0 Å². The van der Waals surface area contributed by atoms with Gasteiger partial charge in [0.1, 0.15) is 0 Å². The molecule has 0 unspecified atom stereocenters. The van der Waals surface area contributed by atoms with Crippen LogP contribution in [-0.2, 0) is 12.8 Å². The fourth-order valence-corrected chi connectivity index (χ4v) is 1.93. The van der Waals surface area contributed by atoms with Crippen molar-refractivity contribution in [3.63, 3.8) is 0 Å². The minimum absolute atomic E-state index is 0.306. The summed E-state index contributed by atoms with van der Waals surface area (Å²) in [4.78, 5) is 0. The van der Waals surface area contributed by atoms with E-state index in [9.17, 15) is 14.6 Å². The van der Waals surface area contributed by atoms with Crippen LogP contribution in [0, 0.1) is 17.7 Å². The molecule has 1 aromatic rings. The molecule has 3 heteroatoms. The van der Waals surface area contributed by atoms with E-state index < -0.39 is 11.6 Å². The molecular weight excluding hydrogens is 219 g/mol. The van der Waals surface area contributed by atoms with Crippen LogP contribution in [-0.4, -0.2) is 10.2 Å². The van der Waals surface area contributed by atoms with Gasteiger partial charge in [-0.25, -0.2) is 4.39 Å².